The zero-order chi connectivity index (χ0) is 16.9. The molecule has 0 spiro atoms. The average Bonchev–Trinajstić information content (AvgIpc) is 2.66. The SMILES string of the molecule is C(/Cc1ccccc1)=C(/OB1C2CCCC1CCC2)c1ccccc1. The molecule has 0 atom stereocenters. The Morgan fingerprint density at radius 3 is 2.00 bits per heavy atom. The summed E-state index contributed by atoms with van der Waals surface area (Å²) >= 11 is 0. The highest BCUT2D eigenvalue weighted by atomic mass is 16.4. The van der Waals surface area contributed by atoms with Crippen molar-refractivity contribution in [3.63, 3.8) is 0 Å². The first-order valence-electron chi connectivity index (χ1n) is 9.86. The highest BCUT2D eigenvalue weighted by Gasteiger charge is 2.42. The Morgan fingerprint density at radius 2 is 1.40 bits per heavy atom. The largest absolute Gasteiger partial charge is 0.560 e. The first kappa shape index (κ1) is 16.5. The first-order chi connectivity index (χ1) is 12.4. The molecule has 0 amide bonds. The summed E-state index contributed by atoms with van der Waals surface area (Å²) in [7, 11) is 0. The highest BCUT2D eigenvalue weighted by Crippen LogP contribution is 2.47. The monoisotopic (exact) mass is 330 g/mol. The van der Waals surface area contributed by atoms with Gasteiger partial charge < -0.3 is 4.65 Å². The van der Waals surface area contributed by atoms with Crippen LogP contribution in [0.1, 0.15) is 49.7 Å². The van der Waals surface area contributed by atoms with Crippen LogP contribution in [-0.2, 0) is 11.1 Å². The maximum Gasteiger partial charge on any atom is 0.364 e. The Balaban J connectivity index is 1.57. The molecule has 1 nitrogen and oxygen atoms in total. The smallest absolute Gasteiger partial charge is 0.364 e. The summed E-state index contributed by atoms with van der Waals surface area (Å²) in [5.41, 5.74) is 2.55. The minimum atomic E-state index is 0.421. The Bertz CT molecular complexity index is 673. The summed E-state index contributed by atoms with van der Waals surface area (Å²) in [6, 6.07) is 21.3. The topological polar surface area (TPSA) is 9.23 Å². The molecule has 4 rings (SSSR count). The standard InChI is InChI=1S/C23H27BO/c1-3-9-19(10-4-1)17-18-23(20-11-5-2-6-12-20)25-24-21-13-7-14-22(24)16-8-15-21/h1-6,9-12,18,21-22H,7-8,13-17H2/b23-18-. The van der Waals surface area contributed by atoms with Gasteiger partial charge in [-0.05, 0) is 29.7 Å². The molecular formula is C23H27BO. The highest BCUT2D eigenvalue weighted by molar-refractivity contribution is 6.57. The summed E-state index contributed by atoms with van der Waals surface area (Å²) in [5.74, 6) is 2.60. The second-order valence-corrected chi connectivity index (χ2v) is 7.59. The van der Waals surface area contributed by atoms with Crippen LogP contribution in [-0.4, -0.2) is 6.92 Å². The Kier molecular flexibility index (Phi) is 5.25. The Hall–Kier alpha value is -1.96. The molecule has 0 unspecified atom stereocenters. The predicted molar refractivity (Wildman–Crippen MR) is 107 cm³/mol. The van der Waals surface area contributed by atoms with Gasteiger partial charge in [0.2, 0.25) is 0 Å². The molecule has 0 radical (unpaired) electrons. The fraction of sp³-hybridized carbons (Fsp3) is 0.391. The van der Waals surface area contributed by atoms with E-state index in [1.54, 1.807) is 0 Å². The van der Waals surface area contributed by atoms with Crippen molar-refractivity contribution < 1.29 is 4.65 Å². The van der Waals surface area contributed by atoms with Crippen molar-refractivity contribution in [3.8, 4) is 0 Å². The molecule has 0 aromatic heterocycles. The van der Waals surface area contributed by atoms with E-state index in [0.717, 1.165) is 23.8 Å². The number of hydrogen-bond donors (Lipinski definition) is 0. The molecule has 0 N–H and O–H groups in total. The third-order valence-electron chi connectivity index (χ3n) is 5.92. The van der Waals surface area contributed by atoms with Crippen LogP contribution in [0.15, 0.2) is 66.7 Å². The number of benzene rings is 2. The minimum Gasteiger partial charge on any atom is -0.560 e. The van der Waals surface area contributed by atoms with Gasteiger partial charge in [0.15, 0.2) is 0 Å². The van der Waals surface area contributed by atoms with Gasteiger partial charge in [0.25, 0.3) is 0 Å². The van der Waals surface area contributed by atoms with Crippen LogP contribution in [0.5, 0.6) is 0 Å². The molecule has 128 valence electrons. The Labute approximate surface area is 152 Å². The summed E-state index contributed by atoms with van der Waals surface area (Å²) in [6.07, 6.45) is 11.4. The van der Waals surface area contributed by atoms with Gasteiger partial charge in [-0.2, -0.15) is 0 Å². The molecule has 2 aromatic rings. The quantitative estimate of drug-likeness (QED) is 0.456. The number of hydrogen-bond acceptors (Lipinski definition) is 1. The van der Waals surface area contributed by atoms with Crippen molar-refractivity contribution in [3.05, 3.63) is 77.9 Å². The van der Waals surface area contributed by atoms with Gasteiger partial charge in [-0.15, -0.1) is 0 Å². The lowest BCUT2D eigenvalue weighted by Gasteiger charge is -2.39. The molecule has 2 fully saturated rings. The molecule has 2 heteroatoms. The van der Waals surface area contributed by atoms with Gasteiger partial charge in [-0.3, -0.25) is 0 Å². The lowest BCUT2D eigenvalue weighted by Crippen LogP contribution is -2.36. The van der Waals surface area contributed by atoms with Gasteiger partial charge in [0.1, 0.15) is 5.76 Å². The van der Waals surface area contributed by atoms with E-state index in [9.17, 15) is 0 Å². The van der Waals surface area contributed by atoms with E-state index < -0.39 is 0 Å². The van der Waals surface area contributed by atoms with Crippen LogP contribution in [0, 0.1) is 0 Å². The molecule has 2 saturated heterocycles. The second kappa shape index (κ2) is 7.95. The fourth-order valence-corrected chi connectivity index (χ4v) is 4.62. The number of fused-ring (bicyclic) bond motifs is 2. The zero-order valence-electron chi connectivity index (χ0n) is 14.9. The summed E-state index contributed by atoms with van der Waals surface area (Å²) in [4.78, 5) is 0. The third-order valence-corrected chi connectivity index (χ3v) is 5.92. The van der Waals surface area contributed by atoms with Gasteiger partial charge in [0, 0.05) is 5.56 Å². The van der Waals surface area contributed by atoms with Crippen LogP contribution in [0.3, 0.4) is 0 Å². The van der Waals surface area contributed by atoms with Crippen molar-refractivity contribution in [2.24, 2.45) is 0 Å². The molecule has 0 aliphatic carbocycles. The van der Waals surface area contributed by atoms with E-state index in [1.165, 1.54) is 49.7 Å². The van der Waals surface area contributed by atoms with E-state index in [4.69, 9.17) is 4.65 Å². The van der Waals surface area contributed by atoms with E-state index in [0.29, 0.717) is 6.92 Å². The lowest BCUT2D eigenvalue weighted by molar-refractivity contribution is 0.367. The lowest BCUT2D eigenvalue weighted by atomic mass is 9.38. The number of rotatable bonds is 5. The van der Waals surface area contributed by atoms with Crippen LogP contribution >= 0.6 is 0 Å². The summed E-state index contributed by atoms with van der Waals surface area (Å²) in [6.45, 7) is 0.421. The van der Waals surface area contributed by atoms with Gasteiger partial charge in [0.05, 0.1) is 0 Å². The maximum atomic E-state index is 6.73. The molecular weight excluding hydrogens is 303 g/mol. The van der Waals surface area contributed by atoms with E-state index in [1.807, 2.05) is 0 Å². The summed E-state index contributed by atoms with van der Waals surface area (Å²) in [5, 5.41) is 0. The van der Waals surface area contributed by atoms with Crippen LogP contribution in [0.2, 0.25) is 11.6 Å². The minimum absolute atomic E-state index is 0.421. The van der Waals surface area contributed by atoms with Crippen LogP contribution in [0.4, 0.5) is 0 Å². The molecule has 2 aromatic carbocycles. The fourth-order valence-electron chi connectivity index (χ4n) is 4.62. The van der Waals surface area contributed by atoms with E-state index in [-0.39, 0.29) is 0 Å². The van der Waals surface area contributed by atoms with Gasteiger partial charge in [-0.25, -0.2) is 0 Å². The molecule has 2 bridgehead atoms. The van der Waals surface area contributed by atoms with Crippen LogP contribution in [0.25, 0.3) is 5.76 Å². The molecule has 2 heterocycles. The van der Waals surface area contributed by atoms with Gasteiger partial charge in [-0.1, -0.05) is 99.2 Å². The van der Waals surface area contributed by atoms with E-state index >= 15 is 0 Å². The van der Waals surface area contributed by atoms with Gasteiger partial charge >= 0.3 is 6.92 Å². The summed E-state index contributed by atoms with van der Waals surface area (Å²) < 4.78 is 6.73. The average molecular weight is 330 g/mol. The Morgan fingerprint density at radius 1 is 0.840 bits per heavy atom. The zero-order valence-corrected chi connectivity index (χ0v) is 14.9. The predicted octanol–water partition coefficient (Wildman–Crippen LogP) is 6.39. The first-order valence-corrected chi connectivity index (χ1v) is 9.86. The second-order valence-electron chi connectivity index (χ2n) is 7.59. The van der Waals surface area contributed by atoms with Crippen molar-refractivity contribution in [1.82, 2.24) is 0 Å². The molecule has 0 saturated carbocycles. The molecule has 25 heavy (non-hydrogen) atoms. The van der Waals surface area contributed by atoms with Crippen molar-refractivity contribution in [1.29, 1.82) is 0 Å². The normalized spacial score (nSPS) is 23.4. The van der Waals surface area contributed by atoms with E-state index in [2.05, 4.69) is 66.7 Å². The molecule has 2 aliphatic rings. The number of allylic oxidation sites excluding steroid dienone is 1. The maximum absolute atomic E-state index is 6.73. The molecule has 2 aliphatic heterocycles. The van der Waals surface area contributed by atoms with Crippen molar-refractivity contribution in [2.45, 2.75) is 56.6 Å². The van der Waals surface area contributed by atoms with Crippen LogP contribution < -0.4 is 0 Å². The van der Waals surface area contributed by atoms with Crippen molar-refractivity contribution in [2.75, 3.05) is 0 Å². The van der Waals surface area contributed by atoms with Crippen molar-refractivity contribution >= 4 is 12.7 Å². The third kappa shape index (κ3) is 4.00.